The summed E-state index contributed by atoms with van der Waals surface area (Å²) in [4.78, 5) is 0.207. The van der Waals surface area contributed by atoms with E-state index in [2.05, 4.69) is 17.0 Å². The second kappa shape index (κ2) is 6.77. The zero-order valence-electron chi connectivity index (χ0n) is 12.8. The number of hydrogen-bond donors (Lipinski definition) is 2. The maximum atomic E-state index is 12.4. The molecule has 1 fully saturated rings. The Morgan fingerprint density at radius 1 is 1.38 bits per heavy atom. The third kappa shape index (κ3) is 4.18. The van der Waals surface area contributed by atoms with Crippen LogP contribution in [-0.4, -0.2) is 28.6 Å². The molecule has 0 saturated heterocycles. The van der Waals surface area contributed by atoms with Gasteiger partial charge in [0.05, 0.1) is 7.11 Å². The number of nitrogens with one attached hydrogen (secondary N) is 2. The molecule has 1 aromatic rings. The standard InChI is InChI=1S/C15H24N2O3S/c1-4-16-9-12-5-6-15(14(8-12)20-3)21(18,19)17-10-13-7-11(13)2/h5-6,8,11,13,16-17H,4,7,9-10H2,1-3H3. The van der Waals surface area contributed by atoms with Crippen LogP contribution in [0.1, 0.15) is 25.8 Å². The van der Waals surface area contributed by atoms with Gasteiger partial charge in [-0.15, -0.1) is 0 Å². The van der Waals surface area contributed by atoms with Crippen molar-refractivity contribution in [3.8, 4) is 5.75 Å². The molecular weight excluding hydrogens is 288 g/mol. The van der Waals surface area contributed by atoms with Crippen LogP contribution < -0.4 is 14.8 Å². The Balaban J connectivity index is 2.13. The first-order valence-electron chi connectivity index (χ1n) is 7.35. The van der Waals surface area contributed by atoms with E-state index >= 15 is 0 Å². The highest BCUT2D eigenvalue weighted by molar-refractivity contribution is 7.89. The minimum atomic E-state index is -3.51. The Labute approximate surface area is 127 Å². The Kier molecular flexibility index (Phi) is 5.24. The first kappa shape index (κ1) is 16.3. The second-order valence-corrected chi connectivity index (χ2v) is 7.33. The smallest absolute Gasteiger partial charge is 0.244 e. The predicted octanol–water partition coefficient (Wildman–Crippen LogP) is 1.74. The molecule has 21 heavy (non-hydrogen) atoms. The molecule has 2 N–H and O–H groups in total. The van der Waals surface area contributed by atoms with Crippen molar-refractivity contribution in [3.05, 3.63) is 23.8 Å². The molecule has 2 atom stereocenters. The van der Waals surface area contributed by atoms with E-state index < -0.39 is 10.0 Å². The molecule has 0 aromatic heterocycles. The summed E-state index contributed by atoms with van der Waals surface area (Å²) in [5.74, 6) is 1.48. The van der Waals surface area contributed by atoms with Crippen LogP contribution in [0.3, 0.4) is 0 Å². The van der Waals surface area contributed by atoms with Gasteiger partial charge in [0.1, 0.15) is 10.6 Å². The van der Waals surface area contributed by atoms with E-state index in [1.807, 2.05) is 13.0 Å². The van der Waals surface area contributed by atoms with Gasteiger partial charge in [-0.1, -0.05) is 19.9 Å². The van der Waals surface area contributed by atoms with Crippen molar-refractivity contribution in [3.63, 3.8) is 0 Å². The average molecular weight is 312 g/mol. The molecule has 1 saturated carbocycles. The molecule has 0 bridgehead atoms. The van der Waals surface area contributed by atoms with Crippen molar-refractivity contribution in [2.75, 3.05) is 20.2 Å². The Bertz CT molecular complexity index is 587. The fourth-order valence-corrected chi connectivity index (χ4v) is 3.53. The third-order valence-corrected chi connectivity index (χ3v) is 5.37. The summed E-state index contributed by atoms with van der Waals surface area (Å²) >= 11 is 0. The number of ether oxygens (including phenoxy) is 1. The van der Waals surface area contributed by atoms with E-state index in [0.717, 1.165) is 18.5 Å². The lowest BCUT2D eigenvalue weighted by atomic mass is 10.2. The summed E-state index contributed by atoms with van der Waals surface area (Å²) in [7, 11) is -2.02. The highest BCUT2D eigenvalue weighted by atomic mass is 32.2. The lowest BCUT2D eigenvalue weighted by Crippen LogP contribution is -2.26. The Morgan fingerprint density at radius 2 is 2.10 bits per heavy atom. The minimum Gasteiger partial charge on any atom is -0.495 e. The van der Waals surface area contributed by atoms with Gasteiger partial charge in [-0.25, -0.2) is 13.1 Å². The van der Waals surface area contributed by atoms with Crippen molar-refractivity contribution < 1.29 is 13.2 Å². The maximum absolute atomic E-state index is 12.4. The number of sulfonamides is 1. The third-order valence-electron chi connectivity index (χ3n) is 3.91. The van der Waals surface area contributed by atoms with E-state index in [4.69, 9.17) is 4.74 Å². The van der Waals surface area contributed by atoms with Gasteiger partial charge < -0.3 is 10.1 Å². The molecule has 0 amide bonds. The van der Waals surface area contributed by atoms with Gasteiger partial charge >= 0.3 is 0 Å². The monoisotopic (exact) mass is 312 g/mol. The van der Waals surface area contributed by atoms with E-state index in [1.54, 1.807) is 12.1 Å². The lowest BCUT2D eigenvalue weighted by Gasteiger charge is -2.12. The van der Waals surface area contributed by atoms with Crippen molar-refractivity contribution in [1.29, 1.82) is 0 Å². The molecule has 0 aliphatic heterocycles. The van der Waals surface area contributed by atoms with Crippen LogP contribution >= 0.6 is 0 Å². The molecule has 6 heteroatoms. The molecule has 0 radical (unpaired) electrons. The molecule has 2 unspecified atom stereocenters. The summed E-state index contributed by atoms with van der Waals surface area (Å²) in [6.07, 6.45) is 1.10. The average Bonchev–Trinajstić information content (AvgIpc) is 3.18. The highest BCUT2D eigenvalue weighted by Crippen LogP contribution is 2.37. The highest BCUT2D eigenvalue weighted by Gasteiger charge is 2.33. The summed E-state index contributed by atoms with van der Waals surface area (Å²) in [6, 6.07) is 5.21. The Hall–Kier alpha value is -1.11. The summed E-state index contributed by atoms with van der Waals surface area (Å²) < 4.78 is 32.7. The van der Waals surface area contributed by atoms with E-state index in [1.165, 1.54) is 7.11 Å². The second-order valence-electron chi connectivity index (χ2n) is 5.59. The molecule has 118 valence electrons. The van der Waals surface area contributed by atoms with Crippen LogP contribution in [0.25, 0.3) is 0 Å². The summed E-state index contributed by atoms with van der Waals surface area (Å²) in [6.45, 7) is 6.23. The van der Waals surface area contributed by atoms with E-state index in [-0.39, 0.29) is 4.90 Å². The Morgan fingerprint density at radius 3 is 2.67 bits per heavy atom. The molecule has 5 nitrogen and oxygen atoms in total. The molecule has 2 rings (SSSR count). The SMILES string of the molecule is CCNCc1ccc(S(=O)(=O)NCC2CC2C)c(OC)c1. The minimum absolute atomic E-state index is 0.207. The first-order valence-corrected chi connectivity index (χ1v) is 8.83. The topological polar surface area (TPSA) is 67.4 Å². The first-order chi connectivity index (χ1) is 9.97. The van der Waals surface area contributed by atoms with Crippen LogP contribution in [0.2, 0.25) is 0 Å². The van der Waals surface area contributed by atoms with E-state index in [0.29, 0.717) is 30.7 Å². The largest absolute Gasteiger partial charge is 0.495 e. The molecule has 1 aliphatic carbocycles. The van der Waals surface area contributed by atoms with Gasteiger partial charge in [-0.2, -0.15) is 0 Å². The quantitative estimate of drug-likeness (QED) is 0.767. The van der Waals surface area contributed by atoms with Crippen LogP contribution in [0.4, 0.5) is 0 Å². The number of rotatable bonds is 8. The number of hydrogen-bond acceptors (Lipinski definition) is 4. The molecule has 1 aliphatic rings. The van der Waals surface area contributed by atoms with Gasteiger partial charge in [0.2, 0.25) is 10.0 Å². The van der Waals surface area contributed by atoms with Crippen LogP contribution in [0.15, 0.2) is 23.1 Å². The van der Waals surface area contributed by atoms with Crippen molar-refractivity contribution in [2.45, 2.75) is 31.7 Å². The molecule has 0 spiro atoms. The normalized spacial score (nSPS) is 21.3. The van der Waals surface area contributed by atoms with Crippen molar-refractivity contribution in [1.82, 2.24) is 10.0 Å². The van der Waals surface area contributed by atoms with Crippen LogP contribution in [0.5, 0.6) is 5.75 Å². The van der Waals surface area contributed by atoms with E-state index in [9.17, 15) is 8.42 Å². The number of methoxy groups -OCH3 is 1. The predicted molar refractivity (Wildman–Crippen MR) is 82.8 cm³/mol. The zero-order chi connectivity index (χ0) is 15.5. The molecular formula is C15H24N2O3S. The zero-order valence-corrected chi connectivity index (χ0v) is 13.7. The fourth-order valence-electron chi connectivity index (χ4n) is 2.29. The van der Waals surface area contributed by atoms with Crippen molar-refractivity contribution >= 4 is 10.0 Å². The molecule has 0 heterocycles. The van der Waals surface area contributed by atoms with Gasteiger partial charge in [0.25, 0.3) is 0 Å². The molecule has 1 aromatic carbocycles. The maximum Gasteiger partial charge on any atom is 0.244 e. The van der Waals surface area contributed by atoms with Gasteiger partial charge in [0.15, 0.2) is 0 Å². The van der Waals surface area contributed by atoms with Gasteiger partial charge in [0, 0.05) is 13.1 Å². The lowest BCUT2D eigenvalue weighted by molar-refractivity contribution is 0.401. The van der Waals surface area contributed by atoms with Crippen LogP contribution in [0, 0.1) is 11.8 Å². The summed E-state index contributed by atoms with van der Waals surface area (Å²) in [5, 5.41) is 3.21. The van der Waals surface area contributed by atoms with Crippen LogP contribution in [-0.2, 0) is 16.6 Å². The number of benzene rings is 1. The van der Waals surface area contributed by atoms with Gasteiger partial charge in [-0.05, 0) is 42.5 Å². The van der Waals surface area contributed by atoms with Crippen molar-refractivity contribution in [2.24, 2.45) is 11.8 Å². The van der Waals surface area contributed by atoms with Gasteiger partial charge in [-0.3, -0.25) is 0 Å². The fraction of sp³-hybridized carbons (Fsp3) is 0.600. The summed E-state index contributed by atoms with van der Waals surface area (Å²) in [5.41, 5.74) is 1.00.